The van der Waals surface area contributed by atoms with Gasteiger partial charge in [-0.3, -0.25) is 0 Å². The summed E-state index contributed by atoms with van der Waals surface area (Å²) in [5.74, 6) is 0.792. The molecule has 78 valence electrons. The Kier molecular flexibility index (Phi) is 2.48. The lowest BCUT2D eigenvalue weighted by molar-refractivity contribution is 0.386. The second kappa shape index (κ2) is 3.79. The van der Waals surface area contributed by atoms with Crippen molar-refractivity contribution >= 4 is 5.69 Å². The standard InChI is InChI=1S/C11H13N3O/c1-15-10-4-2-3-9(5-10)14-11(6-12)7-13-8-11/h2-5,13-14H,7-8H2,1H3. The van der Waals surface area contributed by atoms with Crippen LogP contribution in [0.15, 0.2) is 24.3 Å². The van der Waals surface area contributed by atoms with Crippen molar-refractivity contribution in [2.45, 2.75) is 5.54 Å². The first-order valence-corrected chi connectivity index (χ1v) is 4.82. The van der Waals surface area contributed by atoms with E-state index in [1.165, 1.54) is 0 Å². The average molecular weight is 203 g/mol. The fourth-order valence-corrected chi connectivity index (χ4v) is 1.55. The zero-order chi connectivity index (χ0) is 10.7. The largest absolute Gasteiger partial charge is 0.497 e. The third-order valence-electron chi connectivity index (χ3n) is 2.52. The number of ether oxygens (including phenoxy) is 1. The molecule has 1 aliphatic heterocycles. The molecule has 0 aliphatic carbocycles. The minimum Gasteiger partial charge on any atom is -0.497 e. The Morgan fingerprint density at radius 3 is 2.87 bits per heavy atom. The molecule has 0 unspecified atom stereocenters. The van der Waals surface area contributed by atoms with Crippen molar-refractivity contribution in [3.8, 4) is 11.8 Å². The van der Waals surface area contributed by atoms with Gasteiger partial charge >= 0.3 is 0 Å². The predicted octanol–water partition coefficient (Wildman–Crippen LogP) is 0.973. The fourth-order valence-electron chi connectivity index (χ4n) is 1.55. The summed E-state index contributed by atoms with van der Waals surface area (Å²) in [6.07, 6.45) is 0. The summed E-state index contributed by atoms with van der Waals surface area (Å²) in [7, 11) is 1.63. The highest BCUT2D eigenvalue weighted by atomic mass is 16.5. The van der Waals surface area contributed by atoms with Crippen molar-refractivity contribution in [2.24, 2.45) is 0 Å². The minimum absolute atomic E-state index is 0.452. The monoisotopic (exact) mass is 203 g/mol. The number of anilines is 1. The van der Waals surface area contributed by atoms with Crippen LogP contribution in [0.1, 0.15) is 0 Å². The summed E-state index contributed by atoms with van der Waals surface area (Å²) >= 11 is 0. The zero-order valence-electron chi connectivity index (χ0n) is 8.58. The van der Waals surface area contributed by atoms with Crippen molar-refractivity contribution < 1.29 is 4.74 Å². The van der Waals surface area contributed by atoms with Gasteiger partial charge in [0.05, 0.1) is 13.2 Å². The van der Waals surface area contributed by atoms with E-state index in [4.69, 9.17) is 10.00 Å². The van der Waals surface area contributed by atoms with Crippen LogP contribution in [0.2, 0.25) is 0 Å². The average Bonchev–Trinajstić information content (AvgIpc) is 2.24. The molecule has 2 N–H and O–H groups in total. The number of hydrogen-bond acceptors (Lipinski definition) is 4. The molecule has 1 aromatic rings. The number of nitrogens with zero attached hydrogens (tertiary/aromatic N) is 1. The summed E-state index contributed by atoms with van der Waals surface area (Å²) in [5.41, 5.74) is 0.462. The molecule has 4 nitrogen and oxygen atoms in total. The lowest BCUT2D eigenvalue weighted by Gasteiger charge is -2.37. The zero-order valence-corrected chi connectivity index (χ0v) is 8.58. The van der Waals surface area contributed by atoms with Crippen molar-refractivity contribution in [1.82, 2.24) is 5.32 Å². The first kappa shape index (κ1) is 9.81. The smallest absolute Gasteiger partial charge is 0.150 e. The SMILES string of the molecule is COc1cccc(NC2(C#N)CNC2)c1. The van der Waals surface area contributed by atoms with Crippen LogP contribution in [0, 0.1) is 11.3 Å². The van der Waals surface area contributed by atoms with E-state index in [1.807, 2.05) is 24.3 Å². The maximum Gasteiger partial charge on any atom is 0.150 e. The van der Waals surface area contributed by atoms with Gasteiger partial charge in [-0.1, -0.05) is 6.07 Å². The highest BCUT2D eigenvalue weighted by Crippen LogP contribution is 2.22. The van der Waals surface area contributed by atoms with Crippen LogP contribution < -0.4 is 15.4 Å². The number of methoxy groups -OCH3 is 1. The number of nitriles is 1. The maximum absolute atomic E-state index is 9.04. The molecule has 0 radical (unpaired) electrons. The van der Waals surface area contributed by atoms with Crippen LogP contribution in [0.3, 0.4) is 0 Å². The van der Waals surface area contributed by atoms with E-state index in [2.05, 4.69) is 16.7 Å². The summed E-state index contributed by atoms with van der Waals surface area (Å²) in [5, 5.41) is 15.3. The quantitative estimate of drug-likeness (QED) is 0.768. The van der Waals surface area contributed by atoms with E-state index in [-0.39, 0.29) is 0 Å². The van der Waals surface area contributed by atoms with Gasteiger partial charge in [0.2, 0.25) is 0 Å². The van der Waals surface area contributed by atoms with Crippen LogP contribution in [-0.2, 0) is 0 Å². The minimum atomic E-state index is -0.452. The Bertz CT molecular complexity index is 393. The van der Waals surface area contributed by atoms with Gasteiger partial charge in [0.15, 0.2) is 0 Å². The van der Waals surface area contributed by atoms with Gasteiger partial charge in [-0.2, -0.15) is 5.26 Å². The molecule has 0 spiro atoms. The molecule has 0 amide bonds. The molecule has 0 atom stereocenters. The van der Waals surface area contributed by atoms with Gasteiger partial charge in [-0.15, -0.1) is 0 Å². The second-order valence-corrected chi connectivity index (χ2v) is 3.65. The highest BCUT2D eigenvalue weighted by molar-refractivity contribution is 5.52. The van der Waals surface area contributed by atoms with Crippen LogP contribution in [0.25, 0.3) is 0 Å². The molecule has 1 aromatic carbocycles. The number of nitrogens with one attached hydrogen (secondary N) is 2. The lowest BCUT2D eigenvalue weighted by Crippen LogP contribution is -2.63. The van der Waals surface area contributed by atoms with E-state index < -0.39 is 5.54 Å². The molecule has 1 fully saturated rings. The van der Waals surface area contributed by atoms with E-state index in [9.17, 15) is 0 Å². The Morgan fingerprint density at radius 2 is 2.33 bits per heavy atom. The van der Waals surface area contributed by atoms with Gasteiger partial charge in [-0.25, -0.2) is 0 Å². The molecule has 2 rings (SSSR count). The van der Waals surface area contributed by atoms with E-state index in [0.29, 0.717) is 13.1 Å². The first-order valence-electron chi connectivity index (χ1n) is 4.82. The Balaban J connectivity index is 2.13. The van der Waals surface area contributed by atoms with E-state index >= 15 is 0 Å². The molecule has 1 heterocycles. The van der Waals surface area contributed by atoms with Crippen molar-refractivity contribution in [1.29, 1.82) is 5.26 Å². The van der Waals surface area contributed by atoms with Gasteiger partial charge in [-0.05, 0) is 12.1 Å². The molecule has 4 heteroatoms. The molecule has 0 saturated carbocycles. The number of rotatable bonds is 3. The van der Waals surface area contributed by atoms with Crippen molar-refractivity contribution in [3.63, 3.8) is 0 Å². The fraction of sp³-hybridized carbons (Fsp3) is 0.364. The molecular weight excluding hydrogens is 190 g/mol. The molecule has 1 aliphatic rings. The molecule has 0 aromatic heterocycles. The molecule has 1 saturated heterocycles. The number of benzene rings is 1. The highest BCUT2D eigenvalue weighted by Gasteiger charge is 2.36. The van der Waals surface area contributed by atoms with Gasteiger partial charge in [0, 0.05) is 24.8 Å². The number of hydrogen-bond donors (Lipinski definition) is 2. The van der Waals surface area contributed by atoms with Crippen LogP contribution in [0.5, 0.6) is 5.75 Å². The van der Waals surface area contributed by atoms with Crippen molar-refractivity contribution in [2.75, 3.05) is 25.5 Å². The lowest BCUT2D eigenvalue weighted by atomic mass is 9.94. The van der Waals surface area contributed by atoms with Crippen LogP contribution in [-0.4, -0.2) is 25.7 Å². The van der Waals surface area contributed by atoms with E-state index in [1.54, 1.807) is 7.11 Å². The summed E-state index contributed by atoms with van der Waals surface area (Å²) < 4.78 is 5.12. The van der Waals surface area contributed by atoms with Gasteiger partial charge < -0.3 is 15.4 Å². The van der Waals surface area contributed by atoms with Crippen LogP contribution >= 0.6 is 0 Å². The third-order valence-corrected chi connectivity index (χ3v) is 2.52. The Hall–Kier alpha value is -1.73. The Morgan fingerprint density at radius 1 is 1.53 bits per heavy atom. The van der Waals surface area contributed by atoms with Gasteiger partial charge in [0.25, 0.3) is 0 Å². The normalized spacial score (nSPS) is 17.3. The van der Waals surface area contributed by atoms with Gasteiger partial charge in [0.1, 0.15) is 11.3 Å². The Labute approximate surface area is 88.9 Å². The second-order valence-electron chi connectivity index (χ2n) is 3.65. The van der Waals surface area contributed by atoms with Crippen LogP contribution in [0.4, 0.5) is 5.69 Å². The van der Waals surface area contributed by atoms with Crippen molar-refractivity contribution in [3.05, 3.63) is 24.3 Å². The molecule has 15 heavy (non-hydrogen) atoms. The summed E-state index contributed by atoms with van der Waals surface area (Å²) in [6.45, 7) is 1.36. The molecule has 0 bridgehead atoms. The molecular formula is C11H13N3O. The predicted molar refractivity (Wildman–Crippen MR) is 57.8 cm³/mol. The first-order chi connectivity index (χ1) is 7.28. The topological polar surface area (TPSA) is 57.1 Å². The third kappa shape index (κ3) is 1.88. The summed E-state index contributed by atoms with van der Waals surface area (Å²) in [4.78, 5) is 0. The van der Waals surface area contributed by atoms with E-state index in [0.717, 1.165) is 11.4 Å². The summed E-state index contributed by atoms with van der Waals surface area (Å²) in [6, 6.07) is 9.88. The maximum atomic E-state index is 9.04.